The minimum atomic E-state index is -0.226. The summed E-state index contributed by atoms with van der Waals surface area (Å²) in [5.74, 6) is 1.49. The Kier molecular flexibility index (Phi) is 5.56. The van der Waals surface area contributed by atoms with E-state index in [1.54, 1.807) is 6.07 Å². The van der Waals surface area contributed by atoms with Crippen LogP contribution in [-0.4, -0.2) is 60.6 Å². The zero-order valence-corrected chi connectivity index (χ0v) is 19.9. The summed E-state index contributed by atoms with van der Waals surface area (Å²) < 4.78 is 6.86. The van der Waals surface area contributed by atoms with Crippen LogP contribution in [0.5, 0.6) is 0 Å². The Labute approximate surface area is 200 Å². The van der Waals surface area contributed by atoms with Crippen LogP contribution in [-0.2, 0) is 22.5 Å². The van der Waals surface area contributed by atoms with E-state index < -0.39 is 0 Å². The highest BCUT2D eigenvalue weighted by Crippen LogP contribution is 2.40. The fraction of sp³-hybridized carbons (Fsp3) is 0.577. The van der Waals surface area contributed by atoms with Crippen LogP contribution >= 0.6 is 0 Å². The van der Waals surface area contributed by atoms with Crippen LogP contribution in [0.15, 0.2) is 35.1 Å². The second-order valence-corrected chi connectivity index (χ2v) is 10.2. The van der Waals surface area contributed by atoms with Crippen LogP contribution in [0.4, 0.5) is 17.2 Å². The van der Waals surface area contributed by atoms with Crippen molar-refractivity contribution in [3.63, 3.8) is 0 Å². The molecule has 2 aromatic rings. The van der Waals surface area contributed by atoms with E-state index >= 15 is 0 Å². The average Bonchev–Trinajstić information content (AvgIpc) is 3.40. The number of piperidine rings is 1. The average molecular weight is 464 g/mol. The number of anilines is 3. The Morgan fingerprint density at radius 2 is 1.76 bits per heavy atom. The summed E-state index contributed by atoms with van der Waals surface area (Å²) in [7, 11) is 0. The highest BCUT2D eigenvalue weighted by molar-refractivity contribution is 5.96. The van der Waals surface area contributed by atoms with E-state index in [1.165, 1.54) is 41.6 Å². The number of nitrogens with zero attached hydrogens (tertiary/aromatic N) is 5. The third-order valence-corrected chi connectivity index (χ3v) is 8.03. The molecule has 2 atom stereocenters. The zero-order valence-electron chi connectivity index (χ0n) is 19.9. The number of carbonyl (C=O) groups is 1. The fourth-order valence-electron chi connectivity index (χ4n) is 6.50. The van der Waals surface area contributed by atoms with Gasteiger partial charge in [0.1, 0.15) is 12.4 Å². The van der Waals surface area contributed by atoms with Crippen LogP contribution in [0, 0.1) is 5.92 Å². The third kappa shape index (κ3) is 3.78. The van der Waals surface area contributed by atoms with E-state index in [1.807, 2.05) is 23.1 Å². The molecule has 34 heavy (non-hydrogen) atoms. The lowest BCUT2D eigenvalue weighted by Gasteiger charge is -2.38. The van der Waals surface area contributed by atoms with Crippen molar-refractivity contribution in [1.29, 1.82) is 0 Å². The van der Waals surface area contributed by atoms with Crippen molar-refractivity contribution in [1.82, 2.24) is 9.78 Å². The molecule has 2 bridgehead atoms. The van der Waals surface area contributed by atoms with Crippen molar-refractivity contribution in [3.8, 4) is 0 Å². The highest BCUT2D eigenvalue weighted by atomic mass is 16.5. The first-order chi connectivity index (χ1) is 16.6. The number of amides is 1. The van der Waals surface area contributed by atoms with Crippen LogP contribution in [0.3, 0.4) is 0 Å². The molecule has 4 aliphatic rings. The lowest BCUT2D eigenvalue weighted by atomic mass is 9.92. The molecule has 1 amide bonds. The van der Waals surface area contributed by atoms with Gasteiger partial charge >= 0.3 is 0 Å². The minimum Gasteiger partial charge on any atom is -0.378 e. The van der Waals surface area contributed by atoms with Crippen LogP contribution in [0.2, 0.25) is 0 Å². The van der Waals surface area contributed by atoms with Gasteiger partial charge in [0.15, 0.2) is 0 Å². The molecule has 3 fully saturated rings. The highest BCUT2D eigenvalue weighted by Gasteiger charge is 2.40. The zero-order chi connectivity index (χ0) is 23.2. The predicted molar refractivity (Wildman–Crippen MR) is 132 cm³/mol. The summed E-state index contributed by atoms with van der Waals surface area (Å²) in [4.78, 5) is 32.6. The molecule has 5 heterocycles. The van der Waals surface area contributed by atoms with Gasteiger partial charge in [-0.2, -0.15) is 5.10 Å². The standard InChI is InChI=1S/C26H33N5O3/c1-18-15-19-5-6-20(16-18)31(19)24-7-8-25(32)30(27-24)17-26(33)29-10-9-21-22(3-2-4-23(21)29)28-11-13-34-14-12-28/h2-4,7-8,18-20H,5-6,9-17H2,1H3. The van der Waals surface area contributed by atoms with Gasteiger partial charge in [-0.05, 0) is 56.2 Å². The smallest absolute Gasteiger partial charge is 0.267 e. The second-order valence-electron chi connectivity index (χ2n) is 10.2. The Balaban J connectivity index is 1.22. The Morgan fingerprint density at radius 1 is 1.03 bits per heavy atom. The molecule has 0 radical (unpaired) electrons. The minimum absolute atomic E-state index is 0.0343. The predicted octanol–water partition coefficient (Wildman–Crippen LogP) is 2.44. The number of carbonyl (C=O) groups excluding carboxylic acids is 1. The van der Waals surface area contributed by atoms with Gasteiger partial charge < -0.3 is 19.4 Å². The van der Waals surface area contributed by atoms with E-state index in [0.29, 0.717) is 18.6 Å². The number of ether oxygens (including phenoxy) is 1. The number of morpholine rings is 1. The van der Waals surface area contributed by atoms with Gasteiger partial charge in [-0.1, -0.05) is 13.0 Å². The molecule has 180 valence electrons. The summed E-state index contributed by atoms with van der Waals surface area (Å²) in [6.07, 6.45) is 5.54. The van der Waals surface area contributed by atoms with Gasteiger partial charge in [0.2, 0.25) is 5.91 Å². The van der Waals surface area contributed by atoms with E-state index in [0.717, 1.165) is 50.1 Å². The van der Waals surface area contributed by atoms with Crippen molar-refractivity contribution in [2.24, 2.45) is 5.92 Å². The summed E-state index contributed by atoms with van der Waals surface area (Å²) in [5.41, 5.74) is 3.14. The molecule has 1 aromatic heterocycles. The second kappa shape index (κ2) is 8.73. The van der Waals surface area contributed by atoms with Crippen LogP contribution in [0.25, 0.3) is 0 Å². The molecule has 3 saturated heterocycles. The first kappa shape index (κ1) is 21.6. The van der Waals surface area contributed by atoms with E-state index in [4.69, 9.17) is 4.74 Å². The fourth-order valence-corrected chi connectivity index (χ4v) is 6.50. The first-order valence-corrected chi connectivity index (χ1v) is 12.7. The third-order valence-electron chi connectivity index (χ3n) is 8.03. The maximum Gasteiger partial charge on any atom is 0.267 e. The number of aromatic nitrogens is 2. The quantitative estimate of drug-likeness (QED) is 0.694. The molecule has 8 heteroatoms. The summed E-state index contributed by atoms with van der Waals surface area (Å²) in [6.45, 7) is 6.13. The Morgan fingerprint density at radius 3 is 2.53 bits per heavy atom. The van der Waals surface area contributed by atoms with Gasteiger partial charge in [-0.15, -0.1) is 0 Å². The lowest BCUT2D eigenvalue weighted by molar-refractivity contribution is -0.119. The SMILES string of the molecule is CC1CC2CCC(C1)N2c1ccc(=O)n(CC(=O)N2CCc3c(N4CCOCC4)cccc32)n1. The summed E-state index contributed by atoms with van der Waals surface area (Å²) >= 11 is 0. The molecular weight excluding hydrogens is 430 g/mol. The maximum atomic E-state index is 13.4. The van der Waals surface area contributed by atoms with E-state index in [9.17, 15) is 9.59 Å². The molecule has 2 unspecified atom stereocenters. The monoisotopic (exact) mass is 463 g/mol. The molecule has 6 rings (SSSR count). The topological polar surface area (TPSA) is 70.9 Å². The molecule has 4 aliphatic heterocycles. The van der Waals surface area contributed by atoms with Crippen molar-refractivity contribution in [2.45, 2.75) is 57.7 Å². The van der Waals surface area contributed by atoms with Crippen molar-refractivity contribution >= 4 is 23.1 Å². The normalized spacial score (nSPS) is 26.1. The first-order valence-electron chi connectivity index (χ1n) is 12.7. The molecule has 0 N–H and O–H groups in total. The molecule has 0 saturated carbocycles. The van der Waals surface area contributed by atoms with Gasteiger partial charge in [-0.25, -0.2) is 4.68 Å². The van der Waals surface area contributed by atoms with Gasteiger partial charge in [0, 0.05) is 54.7 Å². The summed E-state index contributed by atoms with van der Waals surface area (Å²) in [5, 5.41) is 4.68. The number of hydrogen-bond acceptors (Lipinski definition) is 6. The molecule has 0 aliphatic carbocycles. The number of hydrogen-bond donors (Lipinski definition) is 0. The van der Waals surface area contributed by atoms with E-state index in [2.05, 4.69) is 27.9 Å². The van der Waals surface area contributed by atoms with E-state index in [-0.39, 0.29) is 18.0 Å². The summed E-state index contributed by atoms with van der Waals surface area (Å²) in [6, 6.07) is 10.6. The lowest BCUT2D eigenvalue weighted by Crippen LogP contribution is -2.44. The van der Waals surface area contributed by atoms with Gasteiger partial charge in [-0.3, -0.25) is 9.59 Å². The Hall–Kier alpha value is -2.87. The number of fused-ring (bicyclic) bond motifs is 3. The van der Waals surface area contributed by atoms with Gasteiger partial charge in [0.05, 0.1) is 13.2 Å². The van der Waals surface area contributed by atoms with Crippen molar-refractivity contribution in [3.05, 3.63) is 46.2 Å². The molecule has 0 spiro atoms. The maximum absolute atomic E-state index is 13.4. The molecule has 1 aromatic carbocycles. The molecule has 8 nitrogen and oxygen atoms in total. The van der Waals surface area contributed by atoms with Crippen molar-refractivity contribution in [2.75, 3.05) is 47.5 Å². The van der Waals surface area contributed by atoms with Crippen molar-refractivity contribution < 1.29 is 9.53 Å². The van der Waals surface area contributed by atoms with Gasteiger partial charge in [0.25, 0.3) is 5.56 Å². The van der Waals surface area contributed by atoms with Crippen LogP contribution < -0.4 is 20.3 Å². The number of benzene rings is 1. The Bertz CT molecular complexity index is 1130. The largest absolute Gasteiger partial charge is 0.378 e. The molecular formula is C26H33N5O3. The van der Waals surface area contributed by atoms with Crippen LogP contribution in [0.1, 0.15) is 38.2 Å². The number of rotatable bonds is 4.